The predicted molar refractivity (Wildman–Crippen MR) is 149 cm³/mol. The zero-order chi connectivity index (χ0) is 24.9. The van der Waals surface area contributed by atoms with Crippen molar-refractivity contribution in [2.24, 2.45) is 0 Å². The number of fused-ring (bicyclic) bond motifs is 1. The maximum atomic E-state index is 7.08. The van der Waals surface area contributed by atoms with E-state index in [0.29, 0.717) is 10.1 Å². The van der Waals surface area contributed by atoms with Crippen molar-refractivity contribution in [3.63, 3.8) is 0 Å². The van der Waals surface area contributed by atoms with Gasteiger partial charge in [-0.2, -0.15) is 0 Å². The van der Waals surface area contributed by atoms with Gasteiger partial charge in [0.05, 0.1) is 36.1 Å². The number of hydrogen-bond donors (Lipinski definition) is 1. The first kappa shape index (κ1) is 23.6. The molecule has 2 aliphatic heterocycles. The van der Waals surface area contributed by atoms with Crippen LogP contribution in [0, 0.1) is 0 Å². The van der Waals surface area contributed by atoms with Gasteiger partial charge in [0.25, 0.3) is 0 Å². The van der Waals surface area contributed by atoms with E-state index in [1.165, 1.54) is 11.1 Å². The Hall–Kier alpha value is -3.09. The van der Waals surface area contributed by atoms with E-state index in [0.717, 1.165) is 28.4 Å². The van der Waals surface area contributed by atoms with Crippen molar-refractivity contribution in [1.29, 1.82) is 0 Å². The molecule has 1 saturated heterocycles. The molecule has 0 radical (unpaired) electrons. The zero-order valence-corrected chi connectivity index (χ0v) is 22.1. The van der Waals surface area contributed by atoms with Gasteiger partial charge in [-0.05, 0) is 80.5 Å². The molecule has 180 valence electrons. The van der Waals surface area contributed by atoms with Gasteiger partial charge in [0.2, 0.25) is 0 Å². The molecule has 0 bridgehead atoms. The molecule has 0 saturated carbocycles. The normalized spacial score (nSPS) is 20.9. The highest BCUT2D eigenvalue weighted by molar-refractivity contribution is 7.80. The van der Waals surface area contributed by atoms with Crippen molar-refractivity contribution in [3.8, 4) is 5.75 Å². The number of allylic oxidation sites excluding steroid dienone is 1. The fraction of sp³-hybridized carbons (Fsp3) is 0.286. The number of pyridine rings is 1. The highest BCUT2D eigenvalue weighted by atomic mass is 35.5. The van der Waals surface area contributed by atoms with Crippen LogP contribution in [0.25, 0.3) is 5.57 Å². The first-order valence-electron chi connectivity index (χ1n) is 11.6. The molecular formula is C28H29ClN4OS. The third-order valence-electron chi connectivity index (χ3n) is 7.10. The second kappa shape index (κ2) is 8.85. The lowest BCUT2D eigenvalue weighted by Gasteiger charge is -2.41. The Balaban J connectivity index is 1.72. The number of benzene rings is 2. The topological polar surface area (TPSA) is 40.6 Å². The van der Waals surface area contributed by atoms with Crippen molar-refractivity contribution in [3.05, 3.63) is 88.7 Å². The van der Waals surface area contributed by atoms with E-state index in [4.69, 9.17) is 28.6 Å². The molecule has 2 aromatic carbocycles. The molecule has 7 heteroatoms. The maximum absolute atomic E-state index is 7.08. The molecular weight excluding hydrogens is 476 g/mol. The number of halogens is 1. The molecule has 3 heterocycles. The average Bonchev–Trinajstić information content (AvgIpc) is 3.19. The third-order valence-corrected chi connectivity index (χ3v) is 7.74. The summed E-state index contributed by atoms with van der Waals surface area (Å²) >= 11 is 13.0. The molecule has 3 aromatic rings. The van der Waals surface area contributed by atoms with Crippen molar-refractivity contribution in [1.82, 2.24) is 10.3 Å². The summed E-state index contributed by atoms with van der Waals surface area (Å²) in [5, 5.41) is 4.81. The monoisotopic (exact) mass is 504 g/mol. The molecule has 2 aliphatic rings. The van der Waals surface area contributed by atoms with E-state index in [2.05, 4.69) is 66.1 Å². The number of likely N-dealkylation sites (N-methyl/N-ethyl adjacent to an activating group) is 1. The van der Waals surface area contributed by atoms with Gasteiger partial charge in [-0.1, -0.05) is 35.9 Å². The minimum absolute atomic E-state index is 0.0989. The van der Waals surface area contributed by atoms with E-state index in [1.54, 1.807) is 13.3 Å². The minimum atomic E-state index is -0.223. The largest absolute Gasteiger partial charge is 0.495 e. The number of aromatic nitrogens is 1. The van der Waals surface area contributed by atoms with Crippen LogP contribution in [-0.2, 0) is 0 Å². The van der Waals surface area contributed by atoms with Gasteiger partial charge in [0.15, 0.2) is 5.11 Å². The summed E-state index contributed by atoms with van der Waals surface area (Å²) in [6.45, 7) is 6.58. The summed E-state index contributed by atoms with van der Waals surface area (Å²) in [7, 11) is 3.79. The summed E-state index contributed by atoms with van der Waals surface area (Å²) in [5.74, 6) is 0.745. The van der Waals surface area contributed by atoms with E-state index >= 15 is 0 Å². The van der Waals surface area contributed by atoms with Crippen LogP contribution in [0.3, 0.4) is 0 Å². The summed E-state index contributed by atoms with van der Waals surface area (Å²) in [6, 6.07) is 17.7. The number of para-hydroxylation sites is 2. The van der Waals surface area contributed by atoms with Crippen LogP contribution >= 0.6 is 23.8 Å². The Bertz CT molecular complexity index is 1320. The quantitative estimate of drug-likeness (QED) is 0.406. The number of anilines is 2. The molecule has 0 unspecified atom stereocenters. The molecule has 1 fully saturated rings. The molecule has 0 aliphatic carbocycles. The molecule has 1 N–H and O–H groups in total. The summed E-state index contributed by atoms with van der Waals surface area (Å²) in [6.07, 6.45) is 4.11. The number of nitrogens with zero attached hydrogens (tertiary/aromatic N) is 3. The molecule has 0 amide bonds. The number of hydrogen-bond acceptors (Lipinski definition) is 4. The fourth-order valence-electron chi connectivity index (χ4n) is 5.17. The Morgan fingerprint density at radius 1 is 1.09 bits per heavy atom. The van der Waals surface area contributed by atoms with Gasteiger partial charge < -0.3 is 19.9 Å². The predicted octanol–water partition coefficient (Wildman–Crippen LogP) is 6.55. The average molecular weight is 505 g/mol. The Morgan fingerprint density at radius 3 is 2.54 bits per heavy atom. The molecule has 1 aromatic heterocycles. The lowest BCUT2D eigenvalue weighted by atomic mass is 9.86. The molecule has 5 nitrogen and oxygen atoms in total. The van der Waals surface area contributed by atoms with Gasteiger partial charge in [0.1, 0.15) is 5.75 Å². The second-order valence-corrected chi connectivity index (χ2v) is 10.4. The smallest absolute Gasteiger partial charge is 0.174 e. The van der Waals surface area contributed by atoms with E-state index in [-0.39, 0.29) is 17.6 Å². The number of nitrogens with one attached hydrogen (secondary N) is 1. The standard InChI is InChI=1S/C28H29ClN4OS/c1-17-16-28(2,3)32(4)23-15-20(29)19(14-18(17)23)26-25(21-10-8-9-13-30-21)31-27(35)33(26)22-11-6-7-12-24(22)34-5/h6-16,25-26H,1-5H3,(H,31,35)/t25-,26+/m1/s1. The minimum Gasteiger partial charge on any atom is -0.495 e. The lowest BCUT2D eigenvalue weighted by Crippen LogP contribution is -2.42. The highest BCUT2D eigenvalue weighted by Crippen LogP contribution is 2.49. The molecule has 2 atom stereocenters. The van der Waals surface area contributed by atoms with Gasteiger partial charge >= 0.3 is 0 Å². The third kappa shape index (κ3) is 3.95. The summed E-state index contributed by atoms with van der Waals surface area (Å²) < 4.78 is 5.71. The fourth-order valence-corrected chi connectivity index (χ4v) is 5.78. The van der Waals surface area contributed by atoms with Crippen LogP contribution in [0.1, 0.15) is 49.7 Å². The van der Waals surface area contributed by atoms with E-state index < -0.39 is 0 Å². The van der Waals surface area contributed by atoms with E-state index in [1.807, 2.05) is 42.5 Å². The summed E-state index contributed by atoms with van der Waals surface area (Å²) in [5.41, 5.74) is 6.19. The van der Waals surface area contributed by atoms with Crippen molar-refractivity contribution in [2.45, 2.75) is 38.4 Å². The SMILES string of the molecule is COc1ccccc1N1C(=S)N[C@H](c2ccccn2)[C@@H]1c1cc2c(cc1Cl)N(C)C(C)(C)C=C2C. The van der Waals surface area contributed by atoms with Crippen LogP contribution < -0.4 is 19.9 Å². The van der Waals surface area contributed by atoms with Crippen LogP contribution in [0.5, 0.6) is 5.75 Å². The number of methoxy groups -OCH3 is 1. The molecule has 5 rings (SSSR count). The number of ether oxygens (including phenoxy) is 1. The number of rotatable bonds is 4. The second-order valence-electron chi connectivity index (χ2n) is 9.60. The van der Waals surface area contributed by atoms with Gasteiger partial charge in [-0.3, -0.25) is 4.98 Å². The van der Waals surface area contributed by atoms with Gasteiger partial charge in [-0.25, -0.2) is 0 Å². The van der Waals surface area contributed by atoms with Crippen LogP contribution in [0.2, 0.25) is 5.02 Å². The van der Waals surface area contributed by atoms with Crippen molar-refractivity contribution < 1.29 is 4.74 Å². The molecule has 0 spiro atoms. The lowest BCUT2D eigenvalue weighted by molar-refractivity contribution is 0.414. The van der Waals surface area contributed by atoms with Crippen LogP contribution in [-0.4, -0.2) is 29.8 Å². The Kier molecular flexibility index (Phi) is 5.98. The maximum Gasteiger partial charge on any atom is 0.174 e. The van der Waals surface area contributed by atoms with Crippen molar-refractivity contribution >= 4 is 45.9 Å². The Labute approximate surface area is 217 Å². The first-order chi connectivity index (χ1) is 16.7. The van der Waals surface area contributed by atoms with Crippen LogP contribution in [0.4, 0.5) is 11.4 Å². The summed E-state index contributed by atoms with van der Waals surface area (Å²) in [4.78, 5) is 9.04. The van der Waals surface area contributed by atoms with Gasteiger partial charge in [0, 0.05) is 29.5 Å². The van der Waals surface area contributed by atoms with Crippen molar-refractivity contribution in [2.75, 3.05) is 24.0 Å². The highest BCUT2D eigenvalue weighted by Gasteiger charge is 2.43. The first-order valence-corrected chi connectivity index (χ1v) is 12.4. The van der Waals surface area contributed by atoms with E-state index in [9.17, 15) is 0 Å². The van der Waals surface area contributed by atoms with Crippen LogP contribution in [0.15, 0.2) is 66.9 Å². The zero-order valence-electron chi connectivity index (χ0n) is 20.5. The Morgan fingerprint density at radius 2 is 1.83 bits per heavy atom. The number of thiocarbonyl (C=S) groups is 1. The van der Waals surface area contributed by atoms with Gasteiger partial charge in [-0.15, -0.1) is 0 Å². The molecule has 35 heavy (non-hydrogen) atoms.